The van der Waals surface area contributed by atoms with E-state index in [0.717, 1.165) is 44.7 Å². The zero-order valence-corrected chi connectivity index (χ0v) is 17.8. The van der Waals surface area contributed by atoms with Crippen molar-refractivity contribution in [1.82, 2.24) is 9.80 Å². The lowest BCUT2D eigenvalue weighted by atomic mass is 9.68. The average Bonchev–Trinajstić information content (AvgIpc) is 2.75. The molecular weight excluding hydrogens is 358 g/mol. The van der Waals surface area contributed by atoms with Crippen LogP contribution in [0.3, 0.4) is 0 Å². The smallest absolute Gasteiger partial charge is 0.242 e. The van der Waals surface area contributed by atoms with Gasteiger partial charge in [0.05, 0.1) is 6.54 Å². The van der Waals surface area contributed by atoms with Gasteiger partial charge in [-0.15, -0.1) is 0 Å². The van der Waals surface area contributed by atoms with Crippen LogP contribution in [-0.2, 0) is 4.79 Å². The monoisotopic (exact) mass is 391 g/mol. The zero-order valence-electron chi connectivity index (χ0n) is 17.8. The van der Waals surface area contributed by atoms with Gasteiger partial charge >= 0.3 is 0 Å². The Morgan fingerprint density at radius 3 is 2.31 bits per heavy atom. The van der Waals surface area contributed by atoms with E-state index in [1.807, 2.05) is 30.1 Å². The first-order valence-corrected chi connectivity index (χ1v) is 10.8. The first-order valence-electron chi connectivity index (χ1n) is 10.8. The Morgan fingerprint density at radius 2 is 1.66 bits per heavy atom. The van der Waals surface area contributed by atoms with Crippen molar-refractivity contribution in [1.29, 1.82) is 0 Å². The summed E-state index contributed by atoms with van der Waals surface area (Å²) < 4.78 is 0. The number of benzene rings is 2. The Balaban J connectivity index is 1.36. The first-order chi connectivity index (χ1) is 14.0. The minimum atomic E-state index is 0.245. The summed E-state index contributed by atoms with van der Waals surface area (Å²) in [5.41, 5.74) is 2.89. The van der Waals surface area contributed by atoms with Crippen LogP contribution in [0.5, 0.6) is 0 Å². The molecule has 2 heterocycles. The van der Waals surface area contributed by atoms with Crippen LogP contribution in [0, 0.1) is 5.41 Å². The molecule has 154 valence electrons. The molecule has 2 fully saturated rings. The Morgan fingerprint density at radius 1 is 1.03 bits per heavy atom. The van der Waals surface area contributed by atoms with Gasteiger partial charge in [-0.25, -0.2) is 0 Å². The van der Waals surface area contributed by atoms with E-state index in [4.69, 9.17) is 0 Å². The third-order valence-electron chi connectivity index (χ3n) is 6.83. The minimum absolute atomic E-state index is 0.245. The number of hydrogen-bond acceptors (Lipinski definition) is 3. The summed E-state index contributed by atoms with van der Waals surface area (Å²) in [6.45, 7) is 4.51. The highest BCUT2D eigenvalue weighted by atomic mass is 16.2. The van der Waals surface area contributed by atoms with E-state index in [2.05, 4.69) is 59.3 Å². The predicted octanol–water partition coefficient (Wildman–Crippen LogP) is 3.85. The quantitative estimate of drug-likeness (QED) is 0.792. The number of carbonyl (C=O) groups is 1. The van der Waals surface area contributed by atoms with Gasteiger partial charge in [0.2, 0.25) is 5.91 Å². The fourth-order valence-electron chi connectivity index (χ4n) is 5.28. The molecule has 1 unspecified atom stereocenters. The molecule has 4 nitrogen and oxygen atoms in total. The minimum Gasteiger partial charge on any atom is -0.365 e. The van der Waals surface area contributed by atoms with Crippen molar-refractivity contribution in [2.75, 3.05) is 51.7 Å². The summed E-state index contributed by atoms with van der Waals surface area (Å²) in [6.07, 6.45) is 3.47. The first kappa shape index (κ1) is 20.0. The van der Waals surface area contributed by atoms with E-state index in [0.29, 0.717) is 17.9 Å². The SMILES string of the molecule is CN1CC(c2ccccc2)CC2(CCN(C(=O)CN(C)c3ccccc3)CC2)C1. The molecule has 2 aliphatic heterocycles. The van der Waals surface area contributed by atoms with Crippen LogP contribution in [0.1, 0.15) is 30.7 Å². The van der Waals surface area contributed by atoms with E-state index in [1.165, 1.54) is 12.0 Å². The van der Waals surface area contributed by atoms with Crippen LogP contribution in [-0.4, -0.2) is 62.5 Å². The van der Waals surface area contributed by atoms with E-state index in [-0.39, 0.29) is 5.91 Å². The molecule has 2 aromatic carbocycles. The molecule has 2 aliphatic rings. The number of para-hydroxylation sites is 1. The van der Waals surface area contributed by atoms with E-state index in [9.17, 15) is 4.79 Å². The summed E-state index contributed by atoms with van der Waals surface area (Å²) in [4.78, 5) is 19.5. The largest absolute Gasteiger partial charge is 0.365 e. The Kier molecular flexibility index (Phi) is 5.91. The summed E-state index contributed by atoms with van der Waals surface area (Å²) in [7, 11) is 4.25. The Labute approximate surface area is 175 Å². The van der Waals surface area contributed by atoms with Crippen LogP contribution in [0.4, 0.5) is 5.69 Å². The van der Waals surface area contributed by atoms with Crippen LogP contribution in [0.25, 0.3) is 0 Å². The number of anilines is 1. The van der Waals surface area contributed by atoms with Crippen LogP contribution >= 0.6 is 0 Å². The second kappa shape index (κ2) is 8.58. The summed E-state index contributed by atoms with van der Waals surface area (Å²) >= 11 is 0. The number of likely N-dealkylation sites (N-methyl/N-ethyl adjacent to an activating group) is 2. The van der Waals surface area contributed by atoms with Gasteiger partial charge in [0.15, 0.2) is 0 Å². The normalized spacial score (nSPS) is 21.9. The van der Waals surface area contributed by atoms with Crippen LogP contribution < -0.4 is 4.90 Å². The van der Waals surface area contributed by atoms with Gasteiger partial charge in [0, 0.05) is 38.9 Å². The fraction of sp³-hybridized carbons (Fsp3) is 0.480. The second-order valence-corrected chi connectivity index (χ2v) is 9.08. The number of carbonyl (C=O) groups excluding carboxylic acids is 1. The van der Waals surface area contributed by atoms with E-state index >= 15 is 0 Å². The van der Waals surface area contributed by atoms with Gasteiger partial charge in [-0.2, -0.15) is 0 Å². The van der Waals surface area contributed by atoms with Crippen LogP contribution in [0.2, 0.25) is 0 Å². The average molecular weight is 392 g/mol. The molecule has 1 atom stereocenters. The summed E-state index contributed by atoms with van der Waals surface area (Å²) in [6, 6.07) is 21.1. The van der Waals surface area contributed by atoms with Gasteiger partial charge in [-0.05, 0) is 55.3 Å². The predicted molar refractivity (Wildman–Crippen MR) is 119 cm³/mol. The van der Waals surface area contributed by atoms with Crippen molar-refractivity contribution in [3.63, 3.8) is 0 Å². The topological polar surface area (TPSA) is 26.8 Å². The highest BCUT2D eigenvalue weighted by molar-refractivity contribution is 5.81. The molecule has 4 heteroatoms. The maximum absolute atomic E-state index is 12.9. The van der Waals surface area contributed by atoms with Gasteiger partial charge < -0.3 is 14.7 Å². The number of amides is 1. The molecule has 0 bridgehead atoms. The van der Waals surface area contributed by atoms with Gasteiger partial charge in [-0.3, -0.25) is 4.79 Å². The van der Waals surface area contributed by atoms with Gasteiger partial charge in [0.25, 0.3) is 0 Å². The molecule has 0 N–H and O–H groups in total. The summed E-state index contributed by atoms with van der Waals surface area (Å²) in [5, 5.41) is 0. The van der Waals surface area contributed by atoms with E-state index < -0.39 is 0 Å². The maximum Gasteiger partial charge on any atom is 0.242 e. The second-order valence-electron chi connectivity index (χ2n) is 9.08. The highest BCUT2D eigenvalue weighted by Crippen LogP contribution is 2.44. The third-order valence-corrected chi connectivity index (χ3v) is 6.83. The number of rotatable bonds is 4. The van der Waals surface area contributed by atoms with Crippen molar-refractivity contribution in [2.45, 2.75) is 25.2 Å². The molecular formula is C25H33N3O. The lowest BCUT2D eigenvalue weighted by Gasteiger charge is -2.49. The van der Waals surface area contributed by atoms with Gasteiger partial charge in [-0.1, -0.05) is 48.5 Å². The Bertz CT molecular complexity index is 799. The fourth-order valence-corrected chi connectivity index (χ4v) is 5.28. The molecule has 0 aliphatic carbocycles. The maximum atomic E-state index is 12.9. The van der Waals surface area contributed by atoms with Crippen molar-refractivity contribution < 1.29 is 4.79 Å². The lowest BCUT2D eigenvalue weighted by molar-refractivity contribution is -0.132. The van der Waals surface area contributed by atoms with Crippen molar-refractivity contribution >= 4 is 11.6 Å². The molecule has 0 aromatic heterocycles. The van der Waals surface area contributed by atoms with Crippen molar-refractivity contribution in [2.24, 2.45) is 5.41 Å². The molecule has 0 radical (unpaired) electrons. The number of nitrogens with zero attached hydrogens (tertiary/aromatic N) is 3. The number of hydrogen-bond donors (Lipinski definition) is 0. The number of likely N-dealkylation sites (tertiary alicyclic amines) is 2. The van der Waals surface area contributed by atoms with Gasteiger partial charge in [0.1, 0.15) is 0 Å². The molecule has 4 rings (SSSR count). The van der Waals surface area contributed by atoms with E-state index in [1.54, 1.807) is 0 Å². The number of piperidine rings is 2. The standard InChI is InChI=1S/C25H33N3O/c1-26-18-22(21-9-5-3-6-10-21)17-25(20-26)13-15-28(16-14-25)24(29)19-27(2)23-11-7-4-8-12-23/h3-12,22H,13-20H2,1-2H3. The van der Waals surface area contributed by atoms with Crippen molar-refractivity contribution in [3.05, 3.63) is 66.2 Å². The summed E-state index contributed by atoms with van der Waals surface area (Å²) in [5.74, 6) is 0.844. The molecule has 2 saturated heterocycles. The molecule has 1 spiro atoms. The molecule has 1 amide bonds. The zero-order chi connectivity index (χ0) is 20.3. The molecule has 0 saturated carbocycles. The molecule has 2 aromatic rings. The highest BCUT2D eigenvalue weighted by Gasteiger charge is 2.42. The third kappa shape index (κ3) is 4.64. The lowest BCUT2D eigenvalue weighted by Crippen LogP contribution is -2.52. The van der Waals surface area contributed by atoms with Crippen LogP contribution in [0.15, 0.2) is 60.7 Å². The van der Waals surface area contributed by atoms with Crippen molar-refractivity contribution in [3.8, 4) is 0 Å². The Hall–Kier alpha value is -2.33. The molecule has 29 heavy (non-hydrogen) atoms.